The number of carbonyl (C=O) groups excluding carboxylic acids is 1. The van der Waals surface area contributed by atoms with Gasteiger partial charge in [-0.05, 0) is 125 Å². The normalized spacial score (nSPS) is 16.6. The number of allylic oxidation sites excluding steroid dienone is 4. The van der Waals surface area contributed by atoms with Crippen molar-refractivity contribution in [3.05, 3.63) is 95.1 Å². The molecule has 1 N–H and O–H groups in total. The van der Waals surface area contributed by atoms with Crippen molar-refractivity contribution in [2.24, 2.45) is 10.4 Å². The molecule has 0 heterocycles. The summed E-state index contributed by atoms with van der Waals surface area (Å²) in [5, 5.41) is 3.30. The monoisotopic (exact) mass is 568 g/mol. The summed E-state index contributed by atoms with van der Waals surface area (Å²) >= 11 is 0. The third kappa shape index (κ3) is 10.1. The average molecular weight is 569 g/mol. The van der Waals surface area contributed by atoms with Crippen molar-refractivity contribution in [2.45, 2.75) is 112 Å². The molecule has 0 amide bonds. The molecule has 0 aliphatic heterocycles. The van der Waals surface area contributed by atoms with Gasteiger partial charge in [0.15, 0.2) is 0 Å². The van der Waals surface area contributed by atoms with E-state index in [4.69, 9.17) is 4.99 Å². The molecule has 2 fully saturated rings. The average Bonchev–Trinajstić information content (AvgIpc) is 3.80. The third-order valence-electron chi connectivity index (χ3n) is 9.01. The molecule has 2 aliphatic carbocycles. The number of hydrogen-bond donors (Lipinski definition) is 1. The highest BCUT2D eigenvalue weighted by Crippen LogP contribution is 2.45. The van der Waals surface area contributed by atoms with E-state index in [1.165, 1.54) is 65.5 Å². The smallest absolute Gasteiger partial charge is 0.150 e. The van der Waals surface area contributed by atoms with Crippen LogP contribution in [-0.2, 0) is 0 Å². The van der Waals surface area contributed by atoms with E-state index in [2.05, 4.69) is 90.4 Å². The number of aryl methyl sites for hydroxylation is 1. The lowest BCUT2D eigenvalue weighted by molar-refractivity contribution is 0.112. The molecule has 3 heteroatoms. The Labute approximate surface area is 257 Å². The van der Waals surface area contributed by atoms with Crippen LogP contribution in [0.4, 0.5) is 5.69 Å². The molecule has 2 saturated carbocycles. The molecule has 228 valence electrons. The van der Waals surface area contributed by atoms with E-state index in [-0.39, 0.29) is 0 Å². The first-order valence-corrected chi connectivity index (χ1v) is 15.9. The van der Waals surface area contributed by atoms with Gasteiger partial charge in [-0.3, -0.25) is 9.79 Å². The molecule has 0 spiro atoms. The maximum atomic E-state index is 10.6. The van der Waals surface area contributed by atoms with Crippen LogP contribution in [0.2, 0.25) is 0 Å². The van der Waals surface area contributed by atoms with Crippen molar-refractivity contribution >= 4 is 23.3 Å². The Morgan fingerprint density at radius 1 is 1.14 bits per heavy atom. The van der Waals surface area contributed by atoms with Gasteiger partial charge in [0.2, 0.25) is 0 Å². The standard InChI is InChI=1S/C20H30N2.C11H12O.C8H14/c1-7-10-11-17(8-2)18-12-13-20(15(4)14-18)22-16(5)19(9-3)21-6;1-8-10(7-12)3-2-4-11(8)9-5-6-9;1-7(2)8(3)5-4-6-8/h8,11-14,19,21H,2,7,9-10H2,1,3-6H3;2-4,7,9H,5-6H2,1H3;1,4-6H2,2-3H3/b17-11+,22-16?;;. The SMILES string of the molecule is C=C(C)C1(C)CCC1.C=C/C(=C\CCC)c1ccc(N=C(C)C(CC)NC)c(C)c1.Cc1c(C=O)cccc1C1CC1. The quantitative estimate of drug-likeness (QED) is 0.127. The molecule has 0 bridgehead atoms. The maximum absolute atomic E-state index is 10.6. The zero-order valence-electron chi connectivity index (χ0n) is 27.8. The van der Waals surface area contributed by atoms with Gasteiger partial charge in [-0.1, -0.05) is 88.8 Å². The summed E-state index contributed by atoms with van der Waals surface area (Å²) in [5.74, 6) is 0.741. The Morgan fingerprint density at radius 3 is 2.26 bits per heavy atom. The van der Waals surface area contributed by atoms with Crippen LogP contribution in [0, 0.1) is 19.3 Å². The van der Waals surface area contributed by atoms with Crippen LogP contribution in [0.5, 0.6) is 0 Å². The summed E-state index contributed by atoms with van der Waals surface area (Å²) in [6.07, 6.45) is 15.1. The highest BCUT2D eigenvalue weighted by Gasteiger charge is 2.31. The summed E-state index contributed by atoms with van der Waals surface area (Å²) < 4.78 is 0. The van der Waals surface area contributed by atoms with E-state index in [0.29, 0.717) is 11.5 Å². The predicted molar refractivity (Wildman–Crippen MR) is 185 cm³/mol. The van der Waals surface area contributed by atoms with E-state index in [0.717, 1.165) is 48.4 Å². The van der Waals surface area contributed by atoms with Crippen LogP contribution < -0.4 is 5.32 Å². The first-order chi connectivity index (χ1) is 20.0. The zero-order valence-corrected chi connectivity index (χ0v) is 27.8. The molecule has 0 radical (unpaired) electrons. The number of benzene rings is 2. The summed E-state index contributed by atoms with van der Waals surface area (Å²) in [4.78, 5) is 15.4. The Balaban J connectivity index is 0.000000254. The number of aldehydes is 1. The van der Waals surface area contributed by atoms with Gasteiger partial charge in [0.25, 0.3) is 0 Å². The molecule has 4 rings (SSSR count). The fourth-order valence-corrected chi connectivity index (χ4v) is 5.33. The van der Waals surface area contributed by atoms with Crippen molar-refractivity contribution < 1.29 is 4.79 Å². The second-order valence-electron chi connectivity index (χ2n) is 12.3. The maximum Gasteiger partial charge on any atom is 0.150 e. The molecule has 2 aromatic rings. The third-order valence-corrected chi connectivity index (χ3v) is 9.01. The van der Waals surface area contributed by atoms with Crippen LogP contribution in [-0.4, -0.2) is 25.1 Å². The molecule has 2 aromatic carbocycles. The Hall–Kier alpha value is -3.04. The Morgan fingerprint density at radius 2 is 1.83 bits per heavy atom. The van der Waals surface area contributed by atoms with Crippen LogP contribution in [0.3, 0.4) is 0 Å². The zero-order chi connectivity index (χ0) is 31.3. The lowest BCUT2D eigenvalue weighted by Crippen LogP contribution is -2.31. The number of unbranched alkanes of at least 4 members (excludes halogenated alkanes) is 1. The van der Waals surface area contributed by atoms with Gasteiger partial charge in [-0.25, -0.2) is 0 Å². The molecular formula is C39H56N2O. The molecule has 42 heavy (non-hydrogen) atoms. The Bertz CT molecular complexity index is 1250. The topological polar surface area (TPSA) is 41.5 Å². The van der Waals surface area contributed by atoms with Crippen molar-refractivity contribution in [3.63, 3.8) is 0 Å². The minimum atomic E-state index is 0.340. The number of rotatable bonds is 11. The molecule has 0 saturated heterocycles. The van der Waals surface area contributed by atoms with Crippen LogP contribution in [0.1, 0.15) is 125 Å². The number of hydrogen-bond acceptors (Lipinski definition) is 3. The summed E-state index contributed by atoms with van der Waals surface area (Å²) in [7, 11) is 1.98. The van der Waals surface area contributed by atoms with Crippen LogP contribution >= 0.6 is 0 Å². The van der Waals surface area contributed by atoms with Crippen molar-refractivity contribution in [1.82, 2.24) is 5.32 Å². The largest absolute Gasteiger partial charge is 0.312 e. The lowest BCUT2D eigenvalue weighted by Gasteiger charge is -2.39. The predicted octanol–water partition coefficient (Wildman–Crippen LogP) is 10.9. The number of aliphatic imine (C=N–C) groups is 1. The fraction of sp³-hybridized carbons (Fsp3) is 0.487. The minimum Gasteiger partial charge on any atom is -0.312 e. The minimum absolute atomic E-state index is 0.340. The molecule has 1 atom stereocenters. The van der Waals surface area contributed by atoms with Gasteiger partial charge in [-0.15, -0.1) is 0 Å². The van der Waals surface area contributed by atoms with E-state index in [1.54, 1.807) is 0 Å². The van der Waals surface area contributed by atoms with Gasteiger partial charge in [0.1, 0.15) is 6.29 Å². The molecular weight excluding hydrogens is 512 g/mol. The van der Waals surface area contributed by atoms with Gasteiger partial charge < -0.3 is 5.32 Å². The van der Waals surface area contributed by atoms with Crippen LogP contribution in [0.25, 0.3) is 5.57 Å². The molecule has 0 aromatic heterocycles. The van der Waals surface area contributed by atoms with Gasteiger partial charge in [0, 0.05) is 17.3 Å². The second-order valence-corrected chi connectivity index (χ2v) is 12.3. The summed E-state index contributed by atoms with van der Waals surface area (Å²) in [5.41, 5.74) is 11.1. The van der Waals surface area contributed by atoms with Crippen molar-refractivity contribution in [2.75, 3.05) is 7.05 Å². The van der Waals surface area contributed by atoms with Crippen molar-refractivity contribution in [1.29, 1.82) is 0 Å². The van der Waals surface area contributed by atoms with E-state index < -0.39 is 0 Å². The first-order valence-electron chi connectivity index (χ1n) is 15.9. The van der Waals surface area contributed by atoms with E-state index in [1.807, 2.05) is 32.2 Å². The summed E-state index contributed by atoms with van der Waals surface area (Å²) in [6, 6.07) is 12.8. The van der Waals surface area contributed by atoms with Gasteiger partial charge in [0.05, 0.1) is 5.69 Å². The lowest BCUT2D eigenvalue weighted by atomic mass is 9.66. The first kappa shape index (κ1) is 35.2. The van der Waals surface area contributed by atoms with E-state index in [9.17, 15) is 4.79 Å². The van der Waals surface area contributed by atoms with Gasteiger partial charge in [-0.2, -0.15) is 0 Å². The molecule has 1 unspecified atom stereocenters. The van der Waals surface area contributed by atoms with Crippen molar-refractivity contribution in [3.8, 4) is 0 Å². The Kier molecular flexibility index (Phi) is 14.4. The fourth-order valence-electron chi connectivity index (χ4n) is 5.33. The highest BCUT2D eigenvalue weighted by molar-refractivity contribution is 5.90. The highest BCUT2D eigenvalue weighted by atomic mass is 16.1. The molecule has 2 aliphatic rings. The second kappa shape index (κ2) is 17.2. The summed E-state index contributed by atoms with van der Waals surface area (Å²) in [6.45, 7) is 22.9. The van der Waals surface area contributed by atoms with E-state index >= 15 is 0 Å². The number of carbonyl (C=O) groups is 1. The number of nitrogens with zero attached hydrogens (tertiary/aromatic N) is 1. The van der Waals surface area contributed by atoms with Crippen LogP contribution in [0.15, 0.2) is 72.3 Å². The number of nitrogens with one attached hydrogen (secondary N) is 1. The molecule has 3 nitrogen and oxygen atoms in total. The van der Waals surface area contributed by atoms with Gasteiger partial charge >= 0.3 is 0 Å².